The molecule has 2 aliphatic rings. The summed E-state index contributed by atoms with van der Waals surface area (Å²) in [4.78, 5) is 4.94. The van der Waals surface area contributed by atoms with Crippen molar-refractivity contribution in [3.8, 4) is 0 Å². The number of aliphatic hydroxyl groups is 1. The van der Waals surface area contributed by atoms with Crippen LogP contribution in [0.4, 0.5) is 0 Å². The summed E-state index contributed by atoms with van der Waals surface area (Å²) < 4.78 is 6.16. The SMILES string of the molecule is CCCN1CCCC(OCC(C)CN2CCC[C@@H](O)C2)C1. The van der Waals surface area contributed by atoms with Gasteiger partial charge < -0.3 is 19.6 Å². The van der Waals surface area contributed by atoms with Gasteiger partial charge in [-0.25, -0.2) is 0 Å². The first-order chi connectivity index (χ1) is 10.2. The fourth-order valence-electron chi connectivity index (χ4n) is 3.66. The lowest BCUT2D eigenvalue weighted by atomic mass is 10.1. The van der Waals surface area contributed by atoms with E-state index in [1.807, 2.05) is 0 Å². The number of aliphatic hydroxyl groups excluding tert-OH is 1. The van der Waals surface area contributed by atoms with Crippen molar-refractivity contribution in [3.63, 3.8) is 0 Å². The van der Waals surface area contributed by atoms with Gasteiger partial charge in [-0.2, -0.15) is 0 Å². The number of rotatable bonds is 7. The van der Waals surface area contributed by atoms with Gasteiger partial charge in [0.05, 0.1) is 18.8 Å². The summed E-state index contributed by atoms with van der Waals surface area (Å²) in [5, 5.41) is 9.73. The summed E-state index contributed by atoms with van der Waals surface area (Å²) in [6.07, 6.45) is 6.14. The molecule has 2 rings (SSSR count). The van der Waals surface area contributed by atoms with Crippen LogP contribution in [0.15, 0.2) is 0 Å². The quantitative estimate of drug-likeness (QED) is 0.779. The van der Waals surface area contributed by atoms with Gasteiger partial charge in [0, 0.05) is 19.6 Å². The fraction of sp³-hybridized carbons (Fsp3) is 1.00. The molecule has 0 aliphatic carbocycles. The number of likely N-dealkylation sites (tertiary alicyclic amines) is 2. The summed E-state index contributed by atoms with van der Waals surface area (Å²) in [7, 11) is 0. The van der Waals surface area contributed by atoms with E-state index in [9.17, 15) is 5.11 Å². The number of β-amino-alcohol motifs (C(OH)–C–C–N with tert-alkyl or cyclic N) is 1. The van der Waals surface area contributed by atoms with E-state index >= 15 is 0 Å². The Kier molecular flexibility index (Phi) is 7.44. The van der Waals surface area contributed by atoms with Crippen molar-refractivity contribution in [2.75, 3.05) is 45.9 Å². The molecule has 4 nitrogen and oxygen atoms in total. The maximum absolute atomic E-state index is 9.73. The topological polar surface area (TPSA) is 35.9 Å². The number of piperidine rings is 2. The Morgan fingerprint density at radius 1 is 1.14 bits per heavy atom. The van der Waals surface area contributed by atoms with Crippen molar-refractivity contribution >= 4 is 0 Å². The largest absolute Gasteiger partial charge is 0.392 e. The van der Waals surface area contributed by atoms with E-state index in [4.69, 9.17) is 4.74 Å². The molecular weight excluding hydrogens is 264 g/mol. The van der Waals surface area contributed by atoms with E-state index in [0.717, 1.165) is 45.6 Å². The first-order valence-electron chi connectivity index (χ1n) is 8.91. The number of hydrogen-bond acceptors (Lipinski definition) is 4. The van der Waals surface area contributed by atoms with Gasteiger partial charge in [-0.3, -0.25) is 0 Å². The molecule has 1 N–H and O–H groups in total. The first-order valence-corrected chi connectivity index (χ1v) is 8.91. The van der Waals surface area contributed by atoms with Crippen molar-refractivity contribution in [1.82, 2.24) is 9.80 Å². The Morgan fingerprint density at radius 3 is 2.67 bits per heavy atom. The Bertz CT molecular complexity index is 286. The third-order valence-electron chi connectivity index (χ3n) is 4.67. The van der Waals surface area contributed by atoms with Crippen LogP contribution in [0.3, 0.4) is 0 Å². The van der Waals surface area contributed by atoms with E-state index in [1.165, 1.54) is 32.4 Å². The molecule has 0 bridgehead atoms. The summed E-state index contributed by atoms with van der Waals surface area (Å²) in [5.41, 5.74) is 0. The second-order valence-corrected chi connectivity index (χ2v) is 7.06. The number of ether oxygens (including phenoxy) is 1. The summed E-state index contributed by atoms with van der Waals surface area (Å²) in [5.74, 6) is 0.553. The predicted octanol–water partition coefficient (Wildman–Crippen LogP) is 1.97. The standard InChI is InChI=1S/C17H34N2O2/c1-3-8-18-9-5-7-17(13-18)21-14-15(2)11-19-10-4-6-16(20)12-19/h15-17,20H,3-14H2,1-2H3/t15?,16-,17?/m1/s1. The van der Waals surface area contributed by atoms with E-state index in [-0.39, 0.29) is 6.10 Å². The Hall–Kier alpha value is -0.160. The highest BCUT2D eigenvalue weighted by molar-refractivity contribution is 4.75. The first kappa shape index (κ1) is 17.2. The number of hydrogen-bond donors (Lipinski definition) is 1. The molecule has 0 aromatic carbocycles. The van der Waals surface area contributed by atoms with Gasteiger partial charge in [0.25, 0.3) is 0 Å². The minimum atomic E-state index is -0.118. The van der Waals surface area contributed by atoms with Gasteiger partial charge in [-0.1, -0.05) is 13.8 Å². The molecule has 0 aromatic heterocycles. The predicted molar refractivity (Wildman–Crippen MR) is 86.5 cm³/mol. The Balaban J connectivity index is 1.62. The van der Waals surface area contributed by atoms with Crippen molar-refractivity contribution < 1.29 is 9.84 Å². The van der Waals surface area contributed by atoms with Crippen LogP contribution in [0.2, 0.25) is 0 Å². The normalized spacial score (nSPS) is 30.4. The van der Waals surface area contributed by atoms with Gasteiger partial charge in [-0.15, -0.1) is 0 Å². The molecule has 2 fully saturated rings. The molecular formula is C17H34N2O2. The zero-order valence-electron chi connectivity index (χ0n) is 14.0. The fourth-order valence-corrected chi connectivity index (χ4v) is 3.66. The van der Waals surface area contributed by atoms with Crippen LogP contribution >= 0.6 is 0 Å². The van der Waals surface area contributed by atoms with Crippen molar-refractivity contribution in [3.05, 3.63) is 0 Å². The minimum Gasteiger partial charge on any atom is -0.392 e. The van der Waals surface area contributed by atoms with Crippen LogP contribution < -0.4 is 0 Å². The highest BCUT2D eigenvalue weighted by Crippen LogP contribution is 2.16. The van der Waals surface area contributed by atoms with E-state index < -0.39 is 0 Å². The van der Waals surface area contributed by atoms with Crippen LogP contribution in [0.25, 0.3) is 0 Å². The van der Waals surface area contributed by atoms with Crippen LogP contribution in [0.5, 0.6) is 0 Å². The molecule has 2 aliphatic heterocycles. The smallest absolute Gasteiger partial charge is 0.0702 e. The van der Waals surface area contributed by atoms with Crippen molar-refractivity contribution in [2.24, 2.45) is 5.92 Å². The molecule has 0 spiro atoms. The Labute approximate surface area is 130 Å². The van der Waals surface area contributed by atoms with Gasteiger partial charge in [-0.05, 0) is 57.7 Å². The molecule has 21 heavy (non-hydrogen) atoms. The molecule has 2 unspecified atom stereocenters. The van der Waals surface area contributed by atoms with Gasteiger partial charge in [0.1, 0.15) is 0 Å². The summed E-state index contributed by atoms with van der Waals surface area (Å²) in [6, 6.07) is 0. The molecule has 124 valence electrons. The molecule has 3 atom stereocenters. The average Bonchev–Trinajstić information content (AvgIpc) is 2.46. The van der Waals surface area contributed by atoms with E-state index in [1.54, 1.807) is 0 Å². The highest BCUT2D eigenvalue weighted by atomic mass is 16.5. The second-order valence-electron chi connectivity index (χ2n) is 7.06. The number of nitrogens with zero attached hydrogens (tertiary/aromatic N) is 2. The van der Waals surface area contributed by atoms with Crippen LogP contribution in [0, 0.1) is 5.92 Å². The molecule has 0 radical (unpaired) electrons. The Morgan fingerprint density at radius 2 is 1.90 bits per heavy atom. The van der Waals surface area contributed by atoms with Crippen LogP contribution in [0.1, 0.15) is 46.0 Å². The maximum Gasteiger partial charge on any atom is 0.0702 e. The third-order valence-corrected chi connectivity index (χ3v) is 4.67. The van der Waals surface area contributed by atoms with Gasteiger partial charge in [0.2, 0.25) is 0 Å². The van der Waals surface area contributed by atoms with Gasteiger partial charge >= 0.3 is 0 Å². The average molecular weight is 298 g/mol. The lowest BCUT2D eigenvalue weighted by Crippen LogP contribution is -2.42. The van der Waals surface area contributed by atoms with Crippen molar-refractivity contribution in [1.29, 1.82) is 0 Å². The lowest BCUT2D eigenvalue weighted by molar-refractivity contribution is -0.0220. The zero-order chi connectivity index (χ0) is 15.1. The molecule has 2 saturated heterocycles. The molecule has 2 heterocycles. The summed E-state index contributed by atoms with van der Waals surface area (Å²) >= 11 is 0. The van der Waals surface area contributed by atoms with Gasteiger partial charge in [0.15, 0.2) is 0 Å². The molecule has 0 saturated carbocycles. The second kappa shape index (κ2) is 9.09. The van der Waals surface area contributed by atoms with Crippen LogP contribution in [-0.4, -0.2) is 73.0 Å². The third kappa shape index (κ3) is 6.23. The molecule has 0 aromatic rings. The van der Waals surface area contributed by atoms with E-state index in [0.29, 0.717) is 12.0 Å². The monoisotopic (exact) mass is 298 g/mol. The molecule has 0 amide bonds. The summed E-state index contributed by atoms with van der Waals surface area (Å²) in [6.45, 7) is 12.0. The highest BCUT2D eigenvalue weighted by Gasteiger charge is 2.22. The lowest BCUT2D eigenvalue weighted by Gasteiger charge is -2.34. The minimum absolute atomic E-state index is 0.118. The zero-order valence-corrected chi connectivity index (χ0v) is 14.0. The molecule has 4 heteroatoms. The maximum atomic E-state index is 9.73. The van der Waals surface area contributed by atoms with E-state index in [2.05, 4.69) is 23.6 Å². The van der Waals surface area contributed by atoms with Crippen molar-refractivity contribution in [2.45, 2.75) is 58.2 Å². The van der Waals surface area contributed by atoms with Crippen LogP contribution in [-0.2, 0) is 4.74 Å².